The summed E-state index contributed by atoms with van der Waals surface area (Å²) < 4.78 is 6.77. The van der Waals surface area contributed by atoms with Gasteiger partial charge in [-0.05, 0) is 78.4 Å². The molecule has 1 heterocycles. The first-order chi connectivity index (χ1) is 18.5. The summed E-state index contributed by atoms with van der Waals surface area (Å²) >= 11 is 5.89. The fourth-order valence-electron chi connectivity index (χ4n) is 4.39. The monoisotopic (exact) mass is 549 g/mol. The van der Waals surface area contributed by atoms with E-state index in [2.05, 4.69) is 13.8 Å². The first-order valence-corrected chi connectivity index (χ1v) is 12.9. The summed E-state index contributed by atoms with van der Waals surface area (Å²) in [5, 5.41) is 19.1. The third-order valence-electron chi connectivity index (χ3n) is 6.19. The van der Waals surface area contributed by atoms with E-state index < -0.39 is 11.9 Å². The lowest BCUT2D eigenvalue weighted by Gasteiger charge is -2.08. The standard InChI is InChI=1S/C19H16ClNO4.C12H16O2/c1-11-15(10-18(22)23)16-9-14(25-2)7-8-17(16)21(11)19(24)12-3-5-13(20)6-4-12;1-9(2)7-10-3-5-11(6-4-10)8-12(13)14/h3-9H,10H2,1-2H3,(H,22,23);3-6,9H,7-8H2,1-2H3,(H,13,14). The number of carbonyl (C=O) groups is 3. The van der Waals surface area contributed by atoms with E-state index in [1.165, 1.54) is 10.1 Å². The number of hydrogen-bond donors (Lipinski definition) is 2. The van der Waals surface area contributed by atoms with Crippen LogP contribution in [0.15, 0.2) is 66.7 Å². The second-order valence-corrected chi connectivity index (χ2v) is 10.1. The topological polar surface area (TPSA) is 106 Å². The Labute approximate surface area is 232 Å². The van der Waals surface area contributed by atoms with Crippen molar-refractivity contribution in [1.29, 1.82) is 0 Å². The van der Waals surface area contributed by atoms with Crippen molar-refractivity contribution in [3.8, 4) is 5.75 Å². The lowest BCUT2D eigenvalue weighted by atomic mass is 10.0. The van der Waals surface area contributed by atoms with E-state index in [-0.39, 0.29) is 18.7 Å². The molecule has 4 rings (SSSR count). The van der Waals surface area contributed by atoms with E-state index >= 15 is 0 Å². The molecular formula is C31H32ClNO6. The van der Waals surface area contributed by atoms with Crippen LogP contribution in [0.2, 0.25) is 5.02 Å². The molecule has 0 aliphatic rings. The van der Waals surface area contributed by atoms with Crippen LogP contribution in [0.3, 0.4) is 0 Å². The second-order valence-electron chi connectivity index (χ2n) is 9.65. The molecule has 0 spiro atoms. The minimum absolute atomic E-state index is 0.113. The highest BCUT2D eigenvalue weighted by Gasteiger charge is 2.21. The minimum atomic E-state index is -0.955. The van der Waals surface area contributed by atoms with Crippen LogP contribution in [0.4, 0.5) is 0 Å². The van der Waals surface area contributed by atoms with Crippen LogP contribution in [0.25, 0.3) is 10.9 Å². The Bertz CT molecular complexity index is 1470. The van der Waals surface area contributed by atoms with Crippen molar-refractivity contribution < 1.29 is 29.3 Å². The van der Waals surface area contributed by atoms with Gasteiger partial charge >= 0.3 is 11.9 Å². The predicted molar refractivity (Wildman–Crippen MR) is 152 cm³/mol. The number of hydrogen-bond acceptors (Lipinski definition) is 4. The van der Waals surface area contributed by atoms with Gasteiger partial charge < -0.3 is 14.9 Å². The molecule has 0 fully saturated rings. The molecule has 8 heteroatoms. The summed E-state index contributed by atoms with van der Waals surface area (Å²) in [6, 6.07) is 19.7. The molecule has 0 radical (unpaired) electrons. The zero-order chi connectivity index (χ0) is 28.7. The molecule has 0 bridgehead atoms. The number of fused-ring (bicyclic) bond motifs is 1. The molecule has 0 aliphatic carbocycles. The maximum atomic E-state index is 13.0. The van der Waals surface area contributed by atoms with Gasteiger partial charge in [-0.3, -0.25) is 19.0 Å². The summed E-state index contributed by atoms with van der Waals surface area (Å²) in [6.45, 7) is 6.09. The molecule has 204 valence electrons. The zero-order valence-electron chi connectivity index (χ0n) is 22.4. The average Bonchev–Trinajstić information content (AvgIpc) is 3.15. The molecule has 0 saturated carbocycles. The number of carboxylic acids is 2. The van der Waals surface area contributed by atoms with Gasteiger partial charge in [0.05, 0.1) is 25.5 Å². The molecule has 4 aromatic rings. The van der Waals surface area contributed by atoms with Crippen LogP contribution in [-0.4, -0.2) is 39.7 Å². The molecule has 0 amide bonds. The first-order valence-electron chi connectivity index (χ1n) is 12.5. The van der Waals surface area contributed by atoms with E-state index in [9.17, 15) is 19.5 Å². The number of nitrogens with zero attached hydrogens (tertiary/aromatic N) is 1. The summed E-state index contributed by atoms with van der Waals surface area (Å²) in [5.41, 5.74) is 4.46. The molecule has 1 aromatic heterocycles. The summed E-state index contributed by atoms with van der Waals surface area (Å²) in [4.78, 5) is 34.7. The number of rotatable bonds is 8. The number of carbonyl (C=O) groups excluding carboxylic acids is 1. The Hall–Kier alpha value is -4.10. The summed E-state index contributed by atoms with van der Waals surface area (Å²) in [5.74, 6) is -0.720. The lowest BCUT2D eigenvalue weighted by molar-refractivity contribution is -0.137. The van der Waals surface area contributed by atoms with Gasteiger partial charge in [0.2, 0.25) is 0 Å². The maximum Gasteiger partial charge on any atom is 0.307 e. The van der Waals surface area contributed by atoms with E-state index in [1.807, 2.05) is 24.3 Å². The molecule has 39 heavy (non-hydrogen) atoms. The number of benzene rings is 3. The predicted octanol–water partition coefficient (Wildman–Crippen LogP) is 6.44. The second kappa shape index (κ2) is 13.1. The lowest BCUT2D eigenvalue weighted by Crippen LogP contribution is -2.14. The van der Waals surface area contributed by atoms with Crippen LogP contribution in [-0.2, 0) is 28.9 Å². The van der Waals surface area contributed by atoms with Crippen molar-refractivity contribution in [3.63, 3.8) is 0 Å². The van der Waals surface area contributed by atoms with Gasteiger partial charge in [0.1, 0.15) is 5.75 Å². The molecule has 0 unspecified atom stereocenters. The maximum absolute atomic E-state index is 13.0. The normalized spacial score (nSPS) is 10.7. The van der Waals surface area contributed by atoms with Gasteiger partial charge in [0.15, 0.2) is 0 Å². The van der Waals surface area contributed by atoms with Gasteiger partial charge in [-0.1, -0.05) is 49.7 Å². The van der Waals surface area contributed by atoms with E-state index in [4.69, 9.17) is 21.4 Å². The van der Waals surface area contributed by atoms with Crippen LogP contribution >= 0.6 is 11.6 Å². The van der Waals surface area contributed by atoms with Crippen LogP contribution in [0, 0.1) is 12.8 Å². The molecule has 7 nitrogen and oxygen atoms in total. The minimum Gasteiger partial charge on any atom is -0.497 e. The first kappa shape index (κ1) is 29.5. The molecular weight excluding hydrogens is 518 g/mol. The van der Waals surface area contributed by atoms with Crippen molar-refractivity contribution in [2.75, 3.05) is 7.11 Å². The number of carboxylic acid groups (broad SMARTS) is 2. The van der Waals surface area contributed by atoms with Crippen molar-refractivity contribution in [3.05, 3.63) is 99.7 Å². The zero-order valence-corrected chi connectivity index (χ0v) is 23.2. The molecule has 3 aromatic carbocycles. The third-order valence-corrected chi connectivity index (χ3v) is 6.44. The largest absolute Gasteiger partial charge is 0.497 e. The summed E-state index contributed by atoms with van der Waals surface area (Å²) in [6.07, 6.45) is 0.992. The fraction of sp³-hybridized carbons (Fsp3) is 0.258. The van der Waals surface area contributed by atoms with Crippen molar-refractivity contribution in [2.24, 2.45) is 5.92 Å². The van der Waals surface area contributed by atoms with Crippen LogP contribution < -0.4 is 4.74 Å². The van der Waals surface area contributed by atoms with Gasteiger partial charge in [0.25, 0.3) is 5.91 Å². The Morgan fingerprint density at radius 2 is 1.46 bits per heavy atom. The van der Waals surface area contributed by atoms with Gasteiger partial charge in [-0.15, -0.1) is 0 Å². The molecule has 0 atom stereocenters. The Kier molecular flexibility index (Phi) is 9.90. The van der Waals surface area contributed by atoms with Gasteiger partial charge in [-0.2, -0.15) is 0 Å². The molecule has 2 N–H and O–H groups in total. The van der Waals surface area contributed by atoms with E-state index in [0.717, 1.165) is 12.0 Å². The SMILES string of the molecule is CC(C)Cc1ccc(CC(=O)O)cc1.COc1ccc2c(c1)c(CC(=O)O)c(C)n2C(=O)c1ccc(Cl)cc1. The van der Waals surface area contributed by atoms with Crippen molar-refractivity contribution >= 4 is 40.3 Å². The van der Waals surface area contributed by atoms with E-state index in [0.29, 0.717) is 44.4 Å². The Balaban J connectivity index is 0.000000255. The fourth-order valence-corrected chi connectivity index (χ4v) is 4.51. The Morgan fingerprint density at radius 3 is 2.00 bits per heavy atom. The number of aromatic nitrogens is 1. The van der Waals surface area contributed by atoms with Crippen LogP contribution in [0.1, 0.15) is 46.6 Å². The highest BCUT2D eigenvalue weighted by atomic mass is 35.5. The van der Waals surface area contributed by atoms with Gasteiger partial charge in [0, 0.05) is 21.7 Å². The van der Waals surface area contributed by atoms with Crippen molar-refractivity contribution in [1.82, 2.24) is 4.57 Å². The molecule has 0 saturated heterocycles. The van der Waals surface area contributed by atoms with E-state index in [1.54, 1.807) is 56.5 Å². The van der Waals surface area contributed by atoms with Crippen molar-refractivity contribution in [2.45, 2.75) is 40.0 Å². The number of ether oxygens (including phenoxy) is 1. The Morgan fingerprint density at radius 1 is 0.872 bits per heavy atom. The average molecular weight is 550 g/mol. The summed E-state index contributed by atoms with van der Waals surface area (Å²) in [7, 11) is 1.54. The highest BCUT2D eigenvalue weighted by molar-refractivity contribution is 6.30. The van der Waals surface area contributed by atoms with Crippen LogP contribution in [0.5, 0.6) is 5.75 Å². The smallest absolute Gasteiger partial charge is 0.307 e. The quantitative estimate of drug-likeness (QED) is 0.262. The number of aliphatic carboxylic acids is 2. The highest BCUT2D eigenvalue weighted by Crippen LogP contribution is 2.30. The molecule has 0 aliphatic heterocycles. The third kappa shape index (κ3) is 7.71. The number of methoxy groups -OCH3 is 1. The van der Waals surface area contributed by atoms with Gasteiger partial charge in [-0.25, -0.2) is 0 Å². The number of halogens is 1.